The third kappa shape index (κ3) is 4.88. The zero-order valence-electron chi connectivity index (χ0n) is 19.5. The summed E-state index contributed by atoms with van der Waals surface area (Å²) in [6.45, 7) is 3.92. The molecular formula is C27H26N4O3S. The lowest BCUT2D eigenvalue weighted by molar-refractivity contribution is -0.384. The fourth-order valence-electron chi connectivity index (χ4n) is 4.49. The van der Waals surface area contributed by atoms with E-state index < -0.39 is 0 Å². The second-order valence-electron chi connectivity index (χ2n) is 8.85. The van der Waals surface area contributed by atoms with Crippen LogP contribution in [0.2, 0.25) is 0 Å². The first-order chi connectivity index (χ1) is 17.0. The molecule has 1 aliphatic rings. The highest BCUT2D eigenvalue weighted by Crippen LogP contribution is 2.34. The number of benzene rings is 3. The summed E-state index contributed by atoms with van der Waals surface area (Å²) >= 11 is 1.45. The van der Waals surface area contributed by atoms with E-state index in [1.165, 1.54) is 17.4 Å². The molecule has 1 amide bonds. The summed E-state index contributed by atoms with van der Waals surface area (Å²) in [5, 5.41) is 12.5. The van der Waals surface area contributed by atoms with E-state index in [9.17, 15) is 14.9 Å². The number of fused-ring (bicyclic) bond motifs is 1. The van der Waals surface area contributed by atoms with E-state index in [1.807, 2.05) is 54.3 Å². The highest BCUT2D eigenvalue weighted by molar-refractivity contribution is 7.22. The minimum atomic E-state index is -0.386. The Kier molecular flexibility index (Phi) is 6.46. The highest BCUT2D eigenvalue weighted by Gasteiger charge is 2.27. The molecule has 0 spiro atoms. The van der Waals surface area contributed by atoms with Gasteiger partial charge in [-0.2, -0.15) is 0 Å². The largest absolute Gasteiger partial charge is 0.366 e. The zero-order chi connectivity index (χ0) is 24.4. The van der Waals surface area contributed by atoms with Gasteiger partial charge in [0.1, 0.15) is 5.69 Å². The van der Waals surface area contributed by atoms with Crippen molar-refractivity contribution in [3.63, 3.8) is 0 Å². The molecule has 178 valence electrons. The molecule has 4 aromatic rings. The lowest BCUT2D eigenvalue weighted by Crippen LogP contribution is -2.31. The van der Waals surface area contributed by atoms with E-state index in [0.717, 1.165) is 53.7 Å². The first-order valence-corrected chi connectivity index (χ1v) is 12.6. The number of nitro benzene ring substituents is 1. The van der Waals surface area contributed by atoms with Crippen LogP contribution in [0.3, 0.4) is 0 Å². The van der Waals surface area contributed by atoms with Crippen LogP contribution < -0.4 is 9.80 Å². The van der Waals surface area contributed by atoms with Gasteiger partial charge in [0.2, 0.25) is 0 Å². The number of piperidine rings is 1. The summed E-state index contributed by atoms with van der Waals surface area (Å²) < 4.78 is 0.997. The maximum atomic E-state index is 13.8. The monoisotopic (exact) mass is 486 g/mol. The van der Waals surface area contributed by atoms with Crippen LogP contribution in [0.1, 0.15) is 40.7 Å². The quantitative estimate of drug-likeness (QED) is 0.234. The Morgan fingerprint density at radius 2 is 1.83 bits per heavy atom. The van der Waals surface area contributed by atoms with Gasteiger partial charge in [0.25, 0.3) is 11.6 Å². The van der Waals surface area contributed by atoms with Crippen molar-refractivity contribution in [2.24, 2.45) is 0 Å². The summed E-state index contributed by atoms with van der Waals surface area (Å²) in [7, 11) is 0. The van der Waals surface area contributed by atoms with Gasteiger partial charge in [0.05, 0.1) is 21.7 Å². The second kappa shape index (κ2) is 9.84. The number of carbonyl (C=O) groups is 1. The Bertz CT molecular complexity index is 1380. The number of thiazole rings is 1. The van der Waals surface area contributed by atoms with Crippen LogP contribution in [0.4, 0.5) is 16.5 Å². The lowest BCUT2D eigenvalue weighted by Gasteiger charge is -2.28. The molecule has 0 aliphatic carbocycles. The molecule has 0 radical (unpaired) electrons. The fraction of sp³-hybridized carbons (Fsp3) is 0.259. The van der Waals surface area contributed by atoms with Crippen LogP contribution in [-0.4, -0.2) is 28.9 Å². The maximum Gasteiger partial charge on any atom is 0.293 e. The summed E-state index contributed by atoms with van der Waals surface area (Å²) in [4.78, 5) is 33.8. The number of rotatable bonds is 6. The molecule has 0 unspecified atom stereocenters. The molecule has 3 aromatic carbocycles. The maximum absolute atomic E-state index is 13.8. The average molecular weight is 487 g/mol. The number of amides is 1. The Labute approximate surface area is 207 Å². The molecule has 1 saturated heterocycles. The number of hydrogen-bond donors (Lipinski definition) is 0. The smallest absolute Gasteiger partial charge is 0.293 e. The molecule has 0 bridgehead atoms. The van der Waals surface area contributed by atoms with Gasteiger partial charge in [-0.1, -0.05) is 47.7 Å². The molecule has 0 N–H and O–H groups in total. The Morgan fingerprint density at radius 3 is 2.57 bits per heavy atom. The SMILES string of the molecule is Cc1ccc2nc(N(Cc3ccccc3)C(=O)c3ccc(N4CCCCC4)c([N+](=O)[O-])c3)sc2c1. The highest BCUT2D eigenvalue weighted by atomic mass is 32.1. The van der Waals surface area contributed by atoms with E-state index in [-0.39, 0.29) is 22.1 Å². The molecule has 0 saturated carbocycles. The molecule has 35 heavy (non-hydrogen) atoms. The topological polar surface area (TPSA) is 79.6 Å². The summed E-state index contributed by atoms with van der Waals surface area (Å²) in [6.07, 6.45) is 3.16. The number of aryl methyl sites for hydroxylation is 1. The number of aromatic nitrogens is 1. The molecule has 1 aliphatic heterocycles. The van der Waals surface area contributed by atoms with E-state index in [1.54, 1.807) is 17.0 Å². The van der Waals surface area contributed by atoms with Crippen molar-refractivity contribution in [1.82, 2.24) is 4.98 Å². The van der Waals surface area contributed by atoms with Crippen molar-refractivity contribution >= 4 is 44.0 Å². The van der Waals surface area contributed by atoms with E-state index in [4.69, 9.17) is 4.98 Å². The normalized spacial score (nSPS) is 13.7. The summed E-state index contributed by atoms with van der Waals surface area (Å²) in [6, 6.07) is 20.6. The van der Waals surface area contributed by atoms with Crippen molar-refractivity contribution in [2.75, 3.05) is 22.9 Å². The molecule has 1 aromatic heterocycles. The molecular weight excluding hydrogens is 460 g/mol. The van der Waals surface area contributed by atoms with Crippen LogP contribution in [0, 0.1) is 17.0 Å². The predicted molar refractivity (Wildman–Crippen MR) is 140 cm³/mol. The zero-order valence-corrected chi connectivity index (χ0v) is 20.3. The summed E-state index contributed by atoms with van der Waals surface area (Å²) in [5.41, 5.74) is 3.73. The van der Waals surface area contributed by atoms with Gasteiger partial charge < -0.3 is 4.90 Å². The van der Waals surface area contributed by atoms with Gasteiger partial charge in [-0.05, 0) is 61.6 Å². The molecule has 1 fully saturated rings. The third-order valence-electron chi connectivity index (χ3n) is 6.31. The summed E-state index contributed by atoms with van der Waals surface area (Å²) in [5.74, 6) is -0.307. The standard InChI is InChI=1S/C27H26N4O3S/c1-19-10-12-22-25(16-19)35-27(28-22)30(18-20-8-4-2-5-9-20)26(32)21-11-13-23(24(17-21)31(33)34)29-14-6-3-7-15-29/h2,4-5,8-13,16-17H,3,6-7,14-15,18H2,1H3. The van der Waals surface area contributed by atoms with E-state index in [0.29, 0.717) is 17.4 Å². The minimum Gasteiger partial charge on any atom is -0.366 e. The first-order valence-electron chi connectivity index (χ1n) is 11.8. The first kappa shape index (κ1) is 23.0. The number of anilines is 2. The van der Waals surface area contributed by atoms with Gasteiger partial charge in [0.15, 0.2) is 5.13 Å². The van der Waals surface area contributed by atoms with Crippen LogP contribution >= 0.6 is 11.3 Å². The van der Waals surface area contributed by atoms with Gasteiger partial charge in [0, 0.05) is 24.7 Å². The van der Waals surface area contributed by atoms with Gasteiger partial charge in [-0.3, -0.25) is 19.8 Å². The van der Waals surface area contributed by atoms with Crippen molar-refractivity contribution in [3.8, 4) is 0 Å². The van der Waals surface area contributed by atoms with Crippen molar-refractivity contribution < 1.29 is 9.72 Å². The number of nitrogens with zero attached hydrogens (tertiary/aromatic N) is 4. The van der Waals surface area contributed by atoms with Crippen LogP contribution in [0.15, 0.2) is 66.7 Å². The van der Waals surface area contributed by atoms with Crippen molar-refractivity contribution in [1.29, 1.82) is 0 Å². The lowest BCUT2D eigenvalue weighted by atomic mass is 10.1. The van der Waals surface area contributed by atoms with Crippen molar-refractivity contribution in [3.05, 3.63) is 93.5 Å². The van der Waals surface area contributed by atoms with Crippen LogP contribution in [-0.2, 0) is 6.54 Å². The average Bonchev–Trinajstić information content (AvgIpc) is 3.30. The number of hydrogen-bond acceptors (Lipinski definition) is 6. The molecule has 8 heteroatoms. The Hall–Kier alpha value is -3.78. The molecule has 0 atom stereocenters. The van der Waals surface area contributed by atoms with Crippen LogP contribution in [0.25, 0.3) is 10.2 Å². The fourth-order valence-corrected chi connectivity index (χ4v) is 5.55. The number of nitro groups is 1. The van der Waals surface area contributed by atoms with Gasteiger partial charge in [-0.15, -0.1) is 0 Å². The molecule has 2 heterocycles. The Balaban J connectivity index is 1.54. The van der Waals surface area contributed by atoms with E-state index >= 15 is 0 Å². The predicted octanol–water partition coefficient (Wildman–Crippen LogP) is 6.35. The van der Waals surface area contributed by atoms with Gasteiger partial charge in [-0.25, -0.2) is 4.98 Å². The Morgan fingerprint density at radius 1 is 1.06 bits per heavy atom. The number of carbonyl (C=O) groups excluding carboxylic acids is 1. The minimum absolute atomic E-state index is 0.0302. The molecule has 5 rings (SSSR count). The third-order valence-corrected chi connectivity index (χ3v) is 7.35. The van der Waals surface area contributed by atoms with Crippen LogP contribution in [0.5, 0.6) is 0 Å². The van der Waals surface area contributed by atoms with E-state index in [2.05, 4.69) is 6.07 Å². The second-order valence-corrected chi connectivity index (χ2v) is 9.86. The van der Waals surface area contributed by atoms with Crippen molar-refractivity contribution in [2.45, 2.75) is 32.7 Å². The van der Waals surface area contributed by atoms with Gasteiger partial charge >= 0.3 is 0 Å². The molecule has 7 nitrogen and oxygen atoms in total.